The van der Waals surface area contributed by atoms with Crippen LogP contribution >= 0.6 is 11.3 Å². The monoisotopic (exact) mass is 722 g/mol. The third kappa shape index (κ3) is 4.38. The summed E-state index contributed by atoms with van der Waals surface area (Å²) in [7, 11) is 0. The minimum absolute atomic E-state index is 0.0482. The lowest BCUT2D eigenvalue weighted by Gasteiger charge is -2.21. The van der Waals surface area contributed by atoms with Gasteiger partial charge in [-0.05, 0) is 58.5 Å². The van der Waals surface area contributed by atoms with Crippen molar-refractivity contribution in [1.29, 1.82) is 0 Å². The Balaban J connectivity index is 1.41. The predicted octanol–water partition coefficient (Wildman–Crippen LogP) is 12.6. The number of rotatable bonds is 4. The van der Waals surface area contributed by atoms with Gasteiger partial charge in [0.1, 0.15) is 0 Å². The van der Waals surface area contributed by atoms with Crippen LogP contribution in [0.4, 0.5) is 0 Å². The molecule has 0 fully saturated rings. The van der Waals surface area contributed by atoms with Crippen LogP contribution in [-0.2, 0) is 5.41 Å². The standard InChI is InChI=1S/C48H32N4S/c1-48(2)37-23-8-3-18-33(37)43-35(21-14-24-38(43)48)46-49-45(50-47(51-46)36-22-13-20-32-31-17-7-12-28-42(31)53-44(32)36)34-19-6-11-27-41(34)52-39-25-9-4-15-29(39)30-16-5-10-26-40(30)52/h3-28H,1-2H3/i3D,4D,5D,6D,7D,8D,9D,10D,11D,12D,13D,14D,15D,16D,17D,18D,19D,20D,21D,22D,23D,24D,25D,26D,27D,28D. The second-order valence-electron chi connectivity index (χ2n) is 12.4. The molecule has 53 heavy (non-hydrogen) atoms. The van der Waals surface area contributed by atoms with E-state index < -0.39 is 224 Å². The normalized spacial score (nSPS) is 20.1. The van der Waals surface area contributed by atoms with E-state index in [2.05, 4.69) is 0 Å². The largest absolute Gasteiger partial charge is 0.309 e. The number of fused-ring (bicyclic) bond motifs is 9. The van der Waals surface area contributed by atoms with Gasteiger partial charge in [0.05, 0.1) is 52.4 Å². The van der Waals surface area contributed by atoms with Gasteiger partial charge in [-0.1, -0.05) is 135 Å². The zero-order valence-electron chi connectivity index (χ0n) is 53.2. The molecule has 7 aromatic carbocycles. The molecule has 0 spiro atoms. The quantitative estimate of drug-likeness (QED) is 0.182. The molecule has 0 radical (unpaired) electrons. The maximum Gasteiger partial charge on any atom is 0.166 e. The molecule has 5 heteroatoms. The van der Waals surface area contributed by atoms with Gasteiger partial charge >= 0.3 is 0 Å². The number of aromatic nitrogens is 4. The Hall–Kier alpha value is -6.43. The highest BCUT2D eigenvalue weighted by Gasteiger charge is 2.37. The Morgan fingerprint density at radius 1 is 0.472 bits per heavy atom. The maximum absolute atomic E-state index is 9.64. The molecule has 0 bridgehead atoms. The topological polar surface area (TPSA) is 43.6 Å². The third-order valence-corrected chi connectivity index (χ3v) is 10.4. The summed E-state index contributed by atoms with van der Waals surface area (Å²) in [4.78, 5) is 14.1. The number of benzene rings is 7. The summed E-state index contributed by atoms with van der Waals surface area (Å²) in [5.41, 5.74) is -5.88. The summed E-state index contributed by atoms with van der Waals surface area (Å²) in [6, 6.07) is -20.2. The number of thiophene rings is 1. The first kappa shape index (κ1) is 14.2. The molecule has 0 N–H and O–H groups in total. The fourth-order valence-corrected chi connectivity index (χ4v) is 7.92. The van der Waals surface area contributed by atoms with Crippen LogP contribution in [-0.4, -0.2) is 19.5 Å². The van der Waals surface area contributed by atoms with Crippen LogP contribution < -0.4 is 0 Å². The smallest absolute Gasteiger partial charge is 0.166 e. The van der Waals surface area contributed by atoms with Gasteiger partial charge < -0.3 is 4.57 Å². The molecule has 10 aromatic rings. The van der Waals surface area contributed by atoms with Crippen molar-refractivity contribution in [2.45, 2.75) is 19.3 Å². The van der Waals surface area contributed by atoms with E-state index in [0.29, 0.717) is 11.3 Å². The Labute approximate surface area is 347 Å². The summed E-state index contributed by atoms with van der Waals surface area (Å²) in [5.74, 6) is -2.29. The second kappa shape index (κ2) is 11.3. The van der Waals surface area contributed by atoms with E-state index in [1.165, 1.54) is 13.8 Å². The zero-order valence-corrected chi connectivity index (χ0v) is 28.0. The van der Waals surface area contributed by atoms with E-state index >= 15 is 0 Å². The molecule has 0 aliphatic heterocycles. The van der Waals surface area contributed by atoms with Crippen molar-refractivity contribution in [1.82, 2.24) is 19.5 Å². The Morgan fingerprint density at radius 2 is 0.981 bits per heavy atom. The lowest BCUT2D eigenvalue weighted by atomic mass is 9.82. The van der Waals surface area contributed by atoms with E-state index in [-0.39, 0.29) is 42.4 Å². The molecule has 3 aromatic heterocycles. The van der Waals surface area contributed by atoms with Gasteiger partial charge in [-0.25, -0.2) is 15.0 Å². The van der Waals surface area contributed by atoms with E-state index in [0.717, 1.165) is 4.57 Å². The van der Waals surface area contributed by atoms with Crippen LogP contribution in [0.3, 0.4) is 0 Å². The number of hydrogen-bond donors (Lipinski definition) is 0. The average molecular weight is 723 g/mol. The number of hydrogen-bond acceptors (Lipinski definition) is 4. The first-order chi connectivity index (χ1) is 36.9. The van der Waals surface area contributed by atoms with Gasteiger partial charge in [0.2, 0.25) is 0 Å². The predicted molar refractivity (Wildman–Crippen MR) is 221 cm³/mol. The van der Waals surface area contributed by atoms with Crippen LogP contribution in [0.15, 0.2) is 157 Å². The highest BCUT2D eigenvalue weighted by molar-refractivity contribution is 7.26. The Morgan fingerprint density at radius 3 is 1.75 bits per heavy atom. The van der Waals surface area contributed by atoms with Crippen molar-refractivity contribution in [3.05, 3.63) is 168 Å². The first-order valence-corrected chi connectivity index (χ1v) is 16.7. The van der Waals surface area contributed by atoms with Crippen molar-refractivity contribution in [2.24, 2.45) is 0 Å². The van der Waals surface area contributed by atoms with Crippen molar-refractivity contribution in [3.63, 3.8) is 0 Å². The fourth-order valence-electron chi connectivity index (χ4n) is 6.86. The number of nitrogens with zero attached hydrogens (tertiary/aromatic N) is 4. The molecule has 250 valence electrons. The van der Waals surface area contributed by atoms with Crippen molar-refractivity contribution >= 4 is 53.3 Å². The molecule has 0 amide bonds. The molecule has 0 atom stereocenters. The molecular formula is C48H32N4S. The van der Waals surface area contributed by atoms with Gasteiger partial charge in [-0.15, -0.1) is 11.3 Å². The molecule has 0 saturated heterocycles. The van der Waals surface area contributed by atoms with Crippen LogP contribution in [0, 0.1) is 0 Å². The van der Waals surface area contributed by atoms with Crippen LogP contribution in [0.1, 0.15) is 60.6 Å². The first-order valence-electron chi connectivity index (χ1n) is 28.9. The summed E-state index contributed by atoms with van der Waals surface area (Å²) in [6.45, 7) is 3.06. The Bertz CT molecular complexity index is 4530. The molecule has 11 rings (SSSR count). The van der Waals surface area contributed by atoms with Crippen LogP contribution in [0.2, 0.25) is 0 Å². The average Bonchev–Trinajstić information content (AvgIpc) is 2.54. The SMILES string of the molecule is [2H]c1c([2H])c([2H])c(-n2c3c([2H])c([2H])c([2H])c([2H])c3c3c([2H])c([2H])c([2H])c([2H])c32)c(-c2nc(-c3c([2H])c([2H])c([2H])c4c3-c3c([2H])c([2H])c([2H])c([2H])c3C4(C)C)nc(-c3c([2H])c([2H])c([2H])c4c3sc3c([2H])c([2H])c([2H])c([2H])c34)n2)c1[2H]. The molecule has 0 unspecified atom stereocenters. The van der Waals surface area contributed by atoms with Gasteiger partial charge in [-0.2, -0.15) is 0 Å². The van der Waals surface area contributed by atoms with Gasteiger partial charge in [0.15, 0.2) is 17.5 Å². The second-order valence-corrected chi connectivity index (χ2v) is 13.5. The van der Waals surface area contributed by atoms with Crippen molar-refractivity contribution in [2.75, 3.05) is 0 Å². The van der Waals surface area contributed by atoms with Crippen LogP contribution in [0.25, 0.3) is 93.0 Å². The van der Waals surface area contributed by atoms with Crippen molar-refractivity contribution in [3.8, 4) is 51.0 Å². The summed E-state index contributed by atoms with van der Waals surface area (Å²) in [5, 5.41) is -1.45. The summed E-state index contributed by atoms with van der Waals surface area (Å²) >= 11 is 0.657. The highest BCUT2D eigenvalue weighted by Crippen LogP contribution is 2.52. The van der Waals surface area contributed by atoms with Gasteiger partial charge in [0, 0.05) is 53.1 Å². The minimum atomic E-state index is -1.52. The molecular weight excluding hydrogens is 665 g/mol. The van der Waals surface area contributed by atoms with E-state index in [1.54, 1.807) is 0 Å². The highest BCUT2D eigenvalue weighted by atomic mass is 32.1. The fraction of sp³-hybridized carbons (Fsp3) is 0.0625. The molecule has 0 saturated carbocycles. The summed E-state index contributed by atoms with van der Waals surface area (Å²) in [6.07, 6.45) is 0. The summed E-state index contributed by atoms with van der Waals surface area (Å²) < 4.78 is 235. The van der Waals surface area contributed by atoms with E-state index in [4.69, 9.17) is 38.3 Å². The lowest BCUT2D eigenvalue weighted by molar-refractivity contribution is 0.660. The van der Waals surface area contributed by atoms with Gasteiger partial charge in [-0.3, -0.25) is 0 Å². The number of para-hydroxylation sites is 3. The zero-order chi connectivity index (χ0) is 57.9. The molecule has 1 aliphatic rings. The molecule has 1 aliphatic carbocycles. The third-order valence-electron chi connectivity index (χ3n) is 9.23. The molecule has 3 heterocycles. The van der Waals surface area contributed by atoms with Gasteiger partial charge in [0.25, 0.3) is 0 Å². The minimum Gasteiger partial charge on any atom is -0.309 e. The Kier molecular flexibility index (Phi) is 3.02. The lowest BCUT2D eigenvalue weighted by Crippen LogP contribution is -2.14. The van der Waals surface area contributed by atoms with E-state index in [9.17, 15) is 12.3 Å². The molecule has 4 nitrogen and oxygen atoms in total. The van der Waals surface area contributed by atoms with Crippen LogP contribution in [0.5, 0.6) is 0 Å². The van der Waals surface area contributed by atoms with Crippen molar-refractivity contribution < 1.29 is 35.6 Å². The van der Waals surface area contributed by atoms with E-state index in [1.807, 2.05) is 0 Å². The maximum atomic E-state index is 9.64.